The maximum atomic E-state index is 12.2. The number of hydrogen-bond donors (Lipinski definition) is 1. The largest absolute Gasteiger partial charge is 0.493 e. The van der Waals surface area contributed by atoms with Crippen LogP contribution in [0.4, 0.5) is 0 Å². The van der Waals surface area contributed by atoms with E-state index in [4.69, 9.17) is 4.74 Å². The van der Waals surface area contributed by atoms with E-state index in [1.165, 1.54) is 5.56 Å². The lowest BCUT2D eigenvalue weighted by Crippen LogP contribution is -2.48. The van der Waals surface area contributed by atoms with Gasteiger partial charge in [-0.25, -0.2) is 0 Å². The molecule has 0 saturated carbocycles. The van der Waals surface area contributed by atoms with Crippen LogP contribution in [0.2, 0.25) is 0 Å². The normalized spacial score (nSPS) is 17.1. The van der Waals surface area contributed by atoms with Gasteiger partial charge in [0.05, 0.1) is 12.5 Å². The molecule has 19 heavy (non-hydrogen) atoms. The van der Waals surface area contributed by atoms with Gasteiger partial charge in [0.1, 0.15) is 5.75 Å². The van der Waals surface area contributed by atoms with E-state index in [0.717, 1.165) is 31.9 Å². The molecule has 4 nitrogen and oxygen atoms in total. The molecule has 1 unspecified atom stereocenters. The third-order valence-corrected chi connectivity index (χ3v) is 3.34. The Labute approximate surface area is 114 Å². The monoisotopic (exact) mass is 262 g/mol. The molecule has 104 valence electrons. The first-order chi connectivity index (χ1) is 9.16. The lowest BCUT2D eigenvalue weighted by atomic mass is 10.1. The molecule has 2 rings (SSSR count). The Hall–Kier alpha value is -1.55. The second-order valence-corrected chi connectivity index (χ2v) is 5.10. The molecule has 1 aliphatic heterocycles. The van der Waals surface area contributed by atoms with Crippen molar-refractivity contribution in [2.24, 2.45) is 5.92 Å². The Morgan fingerprint density at radius 1 is 1.42 bits per heavy atom. The zero-order chi connectivity index (χ0) is 13.7. The van der Waals surface area contributed by atoms with Crippen molar-refractivity contribution in [3.8, 4) is 5.75 Å². The molecule has 4 heteroatoms. The quantitative estimate of drug-likeness (QED) is 0.893. The zero-order valence-electron chi connectivity index (χ0n) is 11.7. The number of benzene rings is 1. The van der Waals surface area contributed by atoms with Gasteiger partial charge in [0, 0.05) is 26.2 Å². The van der Waals surface area contributed by atoms with Gasteiger partial charge in [0.15, 0.2) is 0 Å². The molecule has 1 atom stereocenters. The number of aryl methyl sites for hydroxylation is 1. The summed E-state index contributed by atoms with van der Waals surface area (Å²) in [5.41, 5.74) is 1.17. The number of piperazine rings is 1. The number of carbonyl (C=O) groups is 1. The maximum Gasteiger partial charge on any atom is 0.228 e. The molecule has 1 fully saturated rings. The highest BCUT2D eigenvalue weighted by molar-refractivity contribution is 5.78. The third kappa shape index (κ3) is 3.96. The summed E-state index contributed by atoms with van der Waals surface area (Å²) < 4.78 is 5.70. The van der Waals surface area contributed by atoms with Crippen molar-refractivity contribution in [1.29, 1.82) is 0 Å². The smallest absolute Gasteiger partial charge is 0.228 e. The van der Waals surface area contributed by atoms with Crippen molar-refractivity contribution < 1.29 is 9.53 Å². The molecule has 0 aliphatic carbocycles. The molecular formula is C15H22N2O2. The SMILES string of the molecule is Cc1cccc(OCC(C)C(=O)N2CCNCC2)c1. The Bertz CT molecular complexity index is 428. The van der Waals surface area contributed by atoms with Crippen LogP contribution in [0.5, 0.6) is 5.75 Å². The summed E-state index contributed by atoms with van der Waals surface area (Å²) >= 11 is 0. The molecule has 0 spiro atoms. The molecule has 1 aliphatic rings. The van der Waals surface area contributed by atoms with E-state index >= 15 is 0 Å². The number of rotatable bonds is 4. The highest BCUT2D eigenvalue weighted by Crippen LogP contribution is 2.14. The molecule has 1 heterocycles. The fraction of sp³-hybridized carbons (Fsp3) is 0.533. The summed E-state index contributed by atoms with van der Waals surface area (Å²) in [4.78, 5) is 14.1. The fourth-order valence-electron chi connectivity index (χ4n) is 2.19. The van der Waals surface area contributed by atoms with Gasteiger partial charge in [-0.3, -0.25) is 4.79 Å². The van der Waals surface area contributed by atoms with Crippen LogP contribution in [-0.2, 0) is 4.79 Å². The van der Waals surface area contributed by atoms with Crippen LogP contribution in [0.3, 0.4) is 0 Å². The van der Waals surface area contributed by atoms with Crippen molar-refractivity contribution in [2.75, 3.05) is 32.8 Å². The first-order valence-corrected chi connectivity index (χ1v) is 6.86. The van der Waals surface area contributed by atoms with Gasteiger partial charge in [-0.2, -0.15) is 0 Å². The number of ether oxygens (including phenoxy) is 1. The van der Waals surface area contributed by atoms with Crippen LogP contribution >= 0.6 is 0 Å². The summed E-state index contributed by atoms with van der Waals surface area (Å²) in [6.07, 6.45) is 0. The average Bonchev–Trinajstić information content (AvgIpc) is 2.45. The first-order valence-electron chi connectivity index (χ1n) is 6.86. The standard InChI is InChI=1S/C15H22N2O2/c1-12-4-3-5-14(10-12)19-11-13(2)15(18)17-8-6-16-7-9-17/h3-5,10,13,16H,6-9,11H2,1-2H3. The van der Waals surface area contributed by atoms with E-state index in [0.29, 0.717) is 6.61 Å². The van der Waals surface area contributed by atoms with Crippen LogP contribution in [-0.4, -0.2) is 43.6 Å². The second kappa shape index (κ2) is 6.57. The number of carbonyl (C=O) groups excluding carboxylic acids is 1. The van der Waals surface area contributed by atoms with Gasteiger partial charge in [0.25, 0.3) is 0 Å². The van der Waals surface area contributed by atoms with Crippen molar-refractivity contribution >= 4 is 5.91 Å². The van der Waals surface area contributed by atoms with E-state index in [1.54, 1.807) is 0 Å². The van der Waals surface area contributed by atoms with Crippen molar-refractivity contribution in [2.45, 2.75) is 13.8 Å². The lowest BCUT2D eigenvalue weighted by Gasteiger charge is -2.29. The van der Waals surface area contributed by atoms with Gasteiger partial charge in [-0.1, -0.05) is 19.1 Å². The molecule has 0 radical (unpaired) electrons. The maximum absolute atomic E-state index is 12.2. The van der Waals surface area contributed by atoms with Gasteiger partial charge in [-0.15, -0.1) is 0 Å². The Morgan fingerprint density at radius 2 is 2.16 bits per heavy atom. The Kier molecular flexibility index (Phi) is 4.80. The van der Waals surface area contributed by atoms with Gasteiger partial charge in [-0.05, 0) is 24.6 Å². The highest BCUT2D eigenvalue weighted by atomic mass is 16.5. The van der Waals surface area contributed by atoms with E-state index in [-0.39, 0.29) is 11.8 Å². The molecule has 1 aromatic rings. The molecule has 1 amide bonds. The first kappa shape index (κ1) is 13.9. The lowest BCUT2D eigenvalue weighted by molar-refractivity contribution is -0.136. The molecule has 1 N–H and O–H groups in total. The zero-order valence-corrected chi connectivity index (χ0v) is 11.7. The summed E-state index contributed by atoms with van der Waals surface area (Å²) in [7, 11) is 0. The van der Waals surface area contributed by atoms with Crippen LogP contribution < -0.4 is 10.1 Å². The molecule has 1 aromatic carbocycles. The minimum Gasteiger partial charge on any atom is -0.493 e. The minimum absolute atomic E-state index is 0.0985. The average molecular weight is 262 g/mol. The molecule has 0 bridgehead atoms. The fourth-order valence-corrected chi connectivity index (χ4v) is 2.19. The van der Waals surface area contributed by atoms with Crippen molar-refractivity contribution in [3.05, 3.63) is 29.8 Å². The van der Waals surface area contributed by atoms with Crippen LogP contribution in [0.15, 0.2) is 24.3 Å². The van der Waals surface area contributed by atoms with Gasteiger partial charge >= 0.3 is 0 Å². The summed E-state index contributed by atoms with van der Waals surface area (Å²) in [5.74, 6) is 0.924. The van der Waals surface area contributed by atoms with Gasteiger partial charge < -0.3 is 15.0 Å². The summed E-state index contributed by atoms with van der Waals surface area (Å²) in [5, 5.41) is 3.25. The highest BCUT2D eigenvalue weighted by Gasteiger charge is 2.22. The Balaban J connectivity index is 1.83. The van der Waals surface area contributed by atoms with E-state index in [1.807, 2.05) is 43.0 Å². The molecule has 1 saturated heterocycles. The number of amides is 1. The van der Waals surface area contributed by atoms with E-state index < -0.39 is 0 Å². The van der Waals surface area contributed by atoms with Crippen LogP contribution in [0.25, 0.3) is 0 Å². The number of nitrogens with zero attached hydrogens (tertiary/aromatic N) is 1. The molecular weight excluding hydrogens is 240 g/mol. The number of hydrogen-bond acceptors (Lipinski definition) is 3. The Morgan fingerprint density at radius 3 is 2.84 bits per heavy atom. The van der Waals surface area contributed by atoms with Crippen LogP contribution in [0, 0.1) is 12.8 Å². The van der Waals surface area contributed by atoms with Crippen molar-refractivity contribution in [3.63, 3.8) is 0 Å². The van der Waals surface area contributed by atoms with E-state index in [2.05, 4.69) is 5.32 Å². The predicted molar refractivity (Wildman–Crippen MR) is 75.3 cm³/mol. The third-order valence-electron chi connectivity index (χ3n) is 3.34. The van der Waals surface area contributed by atoms with Crippen LogP contribution in [0.1, 0.15) is 12.5 Å². The second-order valence-electron chi connectivity index (χ2n) is 5.10. The summed E-state index contributed by atoms with van der Waals surface area (Å²) in [6.45, 7) is 7.77. The number of nitrogens with one attached hydrogen (secondary N) is 1. The van der Waals surface area contributed by atoms with Crippen molar-refractivity contribution in [1.82, 2.24) is 10.2 Å². The predicted octanol–water partition coefficient (Wildman–Crippen LogP) is 1.44. The van der Waals surface area contributed by atoms with E-state index in [9.17, 15) is 4.79 Å². The molecule has 0 aromatic heterocycles. The van der Waals surface area contributed by atoms with Gasteiger partial charge in [0.2, 0.25) is 5.91 Å². The minimum atomic E-state index is -0.0985. The summed E-state index contributed by atoms with van der Waals surface area (Å²) in [6, 6.07) is 7.91. The topological polar surface area (TPSA) is 41.6 Å².